The van der Waals surface area contributed by atoms with Crippen LogP contribution in [0, 0.1) is 6.92 Å². The summed E-state index contributed by atoms with van der Waals surface area (Å²) in [6.45, 7) is 3.50. The summed E-state index contributed by atoms with van der Waals surface area (Å²) in [5.41, 5.74) is -0.510. The minimum absolute atomic E-state index is 0.247. The van der Waals surface area contributed by atoms with E-state index in [1.54, 1.807) is 6.92 Å². The molecule has 1 aromatic heterocycles. The number of carbonyl (C=O) groups excluding carboxylic acids is 1. The van der Waals surface area contributed by atoms with Gasteiger partial charge in [-0.15, -0.1) is 0 Å². The Kier molecular flexibility index (Phi) is 3.45. The Morgan fingerprint density at radius 3 is 2.79 bits per heavy atom. The van der Waals surface area contributed by atoms with E-state index >= 15 is 0 Å². The molecule has 76 valence electrons. The molecule has 0 bridgehead atoms. The van der Waals surface area contributed by atoms with Crippen LogP contribution >= 0.6 is 0 Å². The molecule has 0 aliphatic rings. The van der Waals surface area contributed by atoms with Crippen LogP contribution in [0.3, 0.4) is 0 Å². The van der Waals surface area contributed by atoms with Gasteiger partial charge in [0.15, 0.2) is 0 Å². The Hall–Kier alpha value is -1.58. The maximum Gasteiger partial charge on any atom is 0.339 e. The molecule has 1 rings (SSSR count). The van der Waals surface area contributed by atoms with Gasteiger partial charge in [-0.25, -0.2) is 4.79 Å². The van der Waals surface area contributed by atoms with E-state index in [9.17, 15) is 9.59 Å². The van der Waals surface area contributed by atoms with Crippen LogP contribution in [0.1, 0.15) is 25.5 Å². The molecular weight excluding hydrogens is 184 g/mol. The molecule has 0 N–H and O–H groups in total. The first-order valence-electron chi connectivity index (χ1n) is 4.44. The summed E-state index contributed by atoms with van der Waals surface area (Å²) in [7, 11) is 0. The van der Waals surface area contributed by atoms with Gasteiger partial charge in [0.1, 0.15) is 11.5 Å². The lowest BCUT2D eigenvalue weighted by molar-refractivity contribution is -0.134. The van der Waals surface area contributed by atoms with Crippen molar-refractivity contribution in [3.63, 3.8) is 0 Å². The first kappa shape index (κ1) is 10.5. The molecule has 0 fully saturated rings. The molecular formula is C10H12O4. The van der Waals surface area contributed by atoms with Crippen LogP contribution in [-0.2, 0) is 4.79 Å². The van der Waals surface area contributed by atoms with Gasteiger partial charge in [0.05, 0.1) is 6.07 Å². The van der Waals surface area contributed by atoms with Crippen LogP contribution in [0.2, 0.25) is 0 Å². The van der Waals surface area contributed by atoms with Crippen molar-refractivity contribution in [3.8, 4) is 5.75 Å². The number of carbonyl (C=O) groups is 1. The zero-order valence-electron chi connectivity index (χ0n) is 8.20. The SMILES string of the molecule is CCCC(=O)Oc1cc(C)oc(=O)c1. The van der Waals surface area contributed by atoms with Gasteiger partial charge in [-0.2, -0.15) is 0 Å². The third-order valence-electron chi connectivity index (χ3n) is 1.55. The zero-order chi connectivity index (χ0) is 10.6. The molecule has 0 spiro atoms. The van der Waals surface area contributed by atoms with Gasteiger partial charge in [0.25, 0.3) is 0 Å². The lowest BCUT2D eigenvalue weighted by Gasteiger charge is -2.02. The second-order valence-corrected chi connectivity index (χ2v) is 2.95. The lowest BCUT2D eigenvalue weighted by atomic mass is 10.3. The smallest absolute Gasteiger partial charge is 0.339 e. The number of ether oxygens (including phenoxy) is 1. The van der Waals surface area contributed by atoms with Crippen molar-refractivity contribution in [2.24, 2.45) is 0 Å². The van der Waals surface area contributed by atoms with Crippen molar-refractivity contribution in [2.75, 3.05) is 0 Å². The number of aryl methyl sites for hydroxylation is 1. The highest BCUT2D eigenvalue weighted by Crippen LogP contribution is 2.10. The van der Waals surface area contributed by atoms with Crippen LogP contribution in [0.4, 0.5) is 0 Å². The second kappa shape index (κ2) is 4.60. The summed E-state index contributed by atoms with van der Waals surface area (Å²) >= 11 is 0. The molecule has 0 amide bonds. The monoisotopic (exact) mass is 196 g/mol. The standard InChI is InChI=1S/C10H12O4/c1-3-4-9(11)14-8-5-7(2)13-10(12)6-8/h5-6H,3-4H2,1-2H3. The number of hydrogen-bond donors (Lipinski definition) is 0. The van der Waals surface area contributed by atoms with Crippen LogP contribution in [0.5, 0.6) is 5.75 Å². The predicted molar refractivity (Wildman–Crippen MR) is 50.3 cm³/mol. The second-order valence-electron chi connectivity index (χ2n) is 2.95. The van der Waals surface area contributed by atoms with E-state index < -0.39 is 5.63 Å². The van der Waals surface area contributed by atoms with Crippen LogP contribution < -0.4 is 10.4 Å². The number of esters is 1. The van der Waals surface area contributed by atoms with Crippen LogP contribution in [0.15, 0.2) is 21.3 Å². The maximum absolute atomic E-state index is 11.1. The zero-order valence-corrected chi connectivity index (χ0v) is 8.20. The Bertz CT molecular complexity index is 378. The minimum atomic E-state index is -0.510. The summed E-state index contributed by atoms with van der Waals surface area (Å²) in [5, 5.41) is 0. The van der Waals surface area contributed by atoms with E-state index in [0.29, 0.717) is 12.2 Å². The summed E-state index contributed by atoms with van der Waals surface area (Å²) in [5.74, 6) is 0.339. The van der Waals surface area contributed by atoms with E-state index in [1.807, 2.05) is 6.92 Å². The summed E-state index contributed by atoms with van der Waals surface area (Å²) in [4.78, 5) is 22.0. The largest absolute Gasteiger partial charge is 0.428 e. The Balaban J connectivity index is 2.76. The molecule has 0 saturated heterocycles. The predicted octanol–water partition coefficient (Wildman–Crippen LogP) is 1.65. The quantitative estimate of drug-likeness (QED) is 0.690. The molecule has 0 aliphatic heterocycles. The average molecular weight is 196 g/mol. The molecule has 14 heavy (non-hydrogen) atoms. The molecule has 4 heteroatoms. The topological polar surface area (TPSA) is 56.5 Å². The van der Waals surface area contributed by atoms with E-state index in [0.717, 1.165) is 12.5 Å². The van der Waals surface area contributed by atoms with Crippen LogP contribution in [-0.4, -0.2) is 5.97 Å². The molecule has 4 nitrogen and oxygen atoms in total. The summed E-state index contributed by atoms with van der Waals surface area (Å²) in [6.07, 6.45) is 1.07. The number of rotatable bonds is 3. The summed E-state index contributed by atoms with van der Waals surface area (Å²) in [6, 6.07) is 2.66. The van der Waals surface area contributed by atoms with E-state index in [-0.39, 0.29) is 11.7 Å². The van der Waals surface area contributed by atoms with Crippen LogP contribution in [0.25, 0.3) is 0 Å². The first-order valence-corrected chi connectivity index (χ1v) is 4.44. The van der Waals surface area contributed by atoms with Crippen molar-refractivity contribution >= 4 is 5.97 Å². The maximum atomic E-state index is 11.1. The van der Waals surface area contributed by atoms with Gasteiger partial charge in [-0.1, -0.05) is 6.92 Å². The van der Waals surface area contributed by atoms with Gasteiger partial charge in [0.2, 0.25) is 0 Å². The highest BCUT2D eigenvalue weighted by molar-refractivity contribution is 5.72. The fourth-order valence-electron chi connectivity index (χ4n) is 1.02. The molecule has 0 atom stereocenters. The van der Waals surface area contributed by atoms with Crippen molar-refractivity contribution in [1.29, 1.82) is 0 Å². The fraction of sp³-hybridized carbons (Fsp3) is 0.400. The third kappa shape index (κ3) is 3.05. The van der Waals surface area contributed by atoms with Gasteiger partial charge in [0, 0.05) is 12.5 Å². The Labute approximate surface area is 81.5 Å². The molecule has 0 aliphatic carbocycles. The molecule has 0 radical (unpaired) electrons. The molecule has 0 saturated carbocycles. The summed E-state index contributed by atoms with van der Waals surface area (Å²) < 4.78 is 9.63. The first-order chi connectivity index (χ1) is 6.61. The van der Waals surface area contributed by atoms with E-state index in [2.05, 4.69) is 0 Å². The molecule has 1 aromatic rings. The number of hydrogen-bond acceptors (Lipinski definition) is 4. The third-order valence-corrected chi connectivity index (χ3v) is 1.55. The Morgan fingerprint density at radius 1 is 1.50 bits per heavy atom. The van der Waals surface area contributed by atoms with E-state index in [1.165, 1.54) is 6.07 Å². The Morgan fingerprint density at radius 2 is 2.21 bits per heavy atom. The average Bonchev–Trinajstić information content (AvgIpc) is 2.01. The molecule has 0 unspecified atom stereocenters. The molecule has 1 heterocycles. The highest BCUT2D eigenvalue weighted by Gasteiger charge is 2.05. The van der Waals surface area contributed by atoms with Crippen molar-refractivity contribution in [2.45, 2.75) is 26.7 Å². The van der Waals surface area contributed by atoms with E-state index in [4.69, 9.17) is 9.15 Å². The normalized spacial score (nSPS) is 9.86. The molecule has 0 aromatic carbocycles. The fourth-order valence-corrected chi connectivity index (χ4v) is 1.02. The van der Waals surface area contributed by atoms with Crippen molar-refractivity contribution in [1.82, 2.24) is 0 Å². The highest BCUT2D eigenvalue weighted by atomic mass is 16.5. The van der Waals surface area contributed by atoms with Gasteiger partial charge >= 0.3 is 11.6 Å². The van der Waals surface area contributed by atoms with Gasteiger partial charge in [-0.05, 0) is 13.3 Å². The lowest BCUT2D eigenvalue weighted by Crippen LogP contribution is -2.09. The van der Waals surface area contributed by atoms with Gasteiger partial charge < -0.3 is 9.15 Å². The van der Waals surface area contributed by atoms with Crippen molar-refractivity contribution in [3.05, 3.63) is 28.3 Å². The van der Waals surface area contributed by atoms with Crippen molar-refractivity contribution < 1.29 is 13.9 Å². The van der Waals surface area contributed by atoms with Gasteiger partial charge in [-0.3, -0.25) is 4.79 Å². The minimum Gasteiger partial charge on any atom is -0.428 e.